The van der Waals surface area contributed by atoms with E-state index in [1.165, 1.54) is 44.9 Å². The van der Waals surface area contributed by atoms with E-state index in [2.05, 4.69) is 49.6 Å². The first-order chi connectivity index (χ1) is 22.6. The second-order valence-corrected chi connectivity index (χ2v) is 14.2. The number of phosphoric ester groups is 1. The van der Waals surface area contributed by atoms with Crippen molar-refractivity contribution in [3.05, 3.63) is 24.3 Å². The number of esters is 2. The summed E-state index contributed by atoms with van der Waals surface area (Å²) in [7, 11) is -4.61. The van der Waals surface area contributed by atoms with E-state index in [0.717, 1.165) is 63.7 Å². The Labute approximate surface area is 285 Å². The summed E-state index contributed by atoms with van der Waals surface area (Å²) >= 11 is 0. The number of unbranched alkanes of at least 4 members (excludes halogenated alkanes) is 14. The fourth-order valence-corrected chi connectivity index (χ4v) is 5.49. The normalized spacial score (nSPS) is 14.5. The van der Waals surface area contributed by atoms with Gasteiger partial charge in [-0.2, -0.15) is 0 Å². The first kappa shape index (κ1) is 45.5. The molecule has 0 rings (SSSR count). The average Bonchev–Trinajstić information content (AvgIpc) is 3.04. The lowest BCUT2D eigenvalue weighted by molar-refractivity contribution is -0.161. The van der Waals surface area contributed by atoms with Crippen LogP contribution in [0.4, 0.5) is 0 Å². The first-order valence-corrected chi connectivity index (χ1v) is 19.7. The molecule has 10 nitrogen and oxygen atoms in total. The van der Waals surface area contributed by atoms with Crippen molar-refractivity contribution in [3.8, 4) is 0 Å². The third-order valence-electron chi connectivity index (χ3n) is 7.56. The monoisotopic (exact) mass is 690 g/mol. The number of aliphatic hydroxyl groups excluding tert-OH is 2. The molecule has 0 spiro atoms. The summed E-state index contributed by atoms with van der Waals surface area (Å²) < 4.78 is 32.5. The number of hydrogen-bond donors (Lipinski definition) is 3. The third-order valence-corrected chi connectivity index (χ3v) is 8.52. The molecule has 276 valence electrons. The Balaban J connectivity index is 4.42. The average molecular weight is 691 g/mol. The highest BCUT2D eigenvalue weighted by atomic mass is 31.2. The van der Waals surface area contributed by atoms with Gasteiger partial charge in [-0.05, 0) is 44.4 Å². The number of carbonyl (C=O) groups is 2. The number of allylic oxidation sites excluding steroid dienone is 4. The highest BCUT2D eigenvalue weighted by Gasteiger charge is 2.27. The molecule has 0 saturated carbocycles. The van der Waals surface area contributed by atoms with Gasteiger partial charge in [0.25, 0.3) is 0 Å². The molecule has 0 aromatic carbocycles. The van der Waals surface area contributed by atoms with Crippen LogP contribution in [0.2, 0.25) is 0 Å². The number of rotatable bonds is 33. The van der Waals surface area contributed by atoms with Crippen molar-refractivity contribution in [2.75, 3.05) is 26.4 Å². The number of aliphatic hydroxyl groups is 2. The van der Waals surface area contributed by atoms with Gasteiger partial charge in [-0.15, -0.1) is 0 Å². The molecule has 11 heteroatoms. The van der Waals surface area contributed by atoms with Crippen molar-refractivity contribution in [3.63, 3.8) is 0 Å². The summed E-state index contributed by atoms with van der Waals surface area (Å²) in [5.41, 5.74) is 0. The summed E-state index contributed by atoms with van der Waals surface area (Å²) in [6.07, 6.45) is 26.1. The highest BCUT2D eigenvalue weighted by Crippen LogP contribution is 2.43. The molecular weight excluding hydrogens is 623 g/mol. The van der Waals surface area contributed by atoms with E-state index in [0.29, 0.717) is 12.8 Å². The van der Waals surface area contributed by atoms with Gasteiger partial charge < -0.3 is 24.6 Å². The van der Waals surface area contributed by atoms with Gasteiger partial charge in [0.2, 0.25) is 0 Å². The molecule has 0 aromatic rings. The van der Waals surface area contributed by atoms with Gasteiger partial charge in [0, 0.05) is 12.8 Å². The minimum absolute atomic E-state index is 0.167. The lowest BCUT2D eigenvalue weighted by Gasteiger charge is -2.20. The molecule has 0 aliphatic carbocycles. The van der Waals surface area contributed by atoms with Crippen LogP contribution in [0.1, 0.15) is 149 Å². The summed E-state index contributed by atoms with van der Waals surface area (Å²) in [5, 5.41) is 18.2. The van der Waals surface area contributed by atoms with E-state index in [1.54, 1.807) is 0 Å². The topological polar surface area (TPSA) is 149 Å². The van der Waals surface area contributed by atoms with Gasteiger partial charge in [0.15, 0.2) is 6.10 Å². The lowest BCUT2D eigenvalue weighted by Crippen LogP contribution is -2.29. The number of ether oxygens (including phenoxy) is 2. The van der Waals surface area contributed by atoms with Crippen LogP contribution in [-0.4, -0.2) is 65.7 Å². The molecule has 0 aromatic heterocycles. The van der Waals surface area contributed by atoms with Crippen LogP contribution in [-0.2, 0) is 32.7 Å². The molecule has 1 unspecified atom stereocenters. The van der Waals surface area contributed by atoms with Crippen molar-refractivity contribution in [2.45, 2.75) is 161 Å². The highest BCUT2D eigenvalue weighted by molar-refractivity contribution is 7.47. The zero-order valence-corrected chi connectivity index (χ0v) is 30.6. The van der Waals surface area contributed by atoms with Crippen LogP contribution in [0.25, 0.3) is 0 Å². The zero-order valence-electron chi connectivity index (χ0n) is 29.7. The first-order valence-electron chi connectivity index (χ1n) is 18.2. The molecule has 0 aliphatic heterocycles. The van der Waals surface area contributed by atoms with Gasteiger partial charge in [0.1, 0.15) is 12.7 Å². The lowest BCUT2D eigenvalue weighted by atomic mass is 10.0. The largest absolute Gasteiger partial charge is 0.472 e. The quantitative estimate of drug-likeness (QED) is 0.0265. The smallest absolute Gasteiger partial charge is 0.462 e. The molecule has 0 aliphatic rings. The maximum absolute atomic E-state index is 12.5. The summed E-state index contributed by atoms with van der Waals surface area (Å²) in [6.45, 7) is 4.54. The third kappa shape index (κ3) is 32.8. The summed E-state index contributed by atoms with van der Waals surface area (Å²) in [6, 6.07) is 0. The van der Waals surface area contributed by atoms with Crippen molar-refractivity contribution in [2.24, 2.45) is 5.92 Å². The van der Waals surface area contributed by atoms with Gasteiger partial charge in [-0.25, -0.2) is 4.57 Å². The van der Waals surface area contributed by atoms with Crippen molar-refractivity contribution in [1.82, 2.24) is 0 Å². The van der Waals surface area contributed by atoms with Crippen LogP contribution >= 0.6 is 7.82 Å². The molecule has 0 saturated heterocycles. The Morgan fingerprint density at radius 1 is 0.702 bits per heavy atom. The molecule has 3 atom stereocenters. The Morgan fingerprint density at radius 3 is 1.79 bits per heavy atom. The van der Waals surface area contributed by atoms with Crippen LogP contribution in [0.5, 0.6) is 0 Å². The fraction of sp³-hybridized carbons (Fsp3) is 0.833. The molecular formula is C36H67O10P. The van der Waals surface area contributed by atoms with Crippen molar-refractivity contribution >= 4 is 19.8 Å². The van der Waals surface area contributed by atoms with Crippen LogP contribution < -0.4 is 0 Å². The van der Waals surface area contributed by atoms with E-state index < -0.39 is 51.8 Å². The van der Waals surface area contributed by atoms with E-state index in [9.17, 15) is 24.2 Å². The Kier molecular flexibility index (Phi) is 30.7. The molecule has 0 fully saturated rings. The zero-order chi connectivity index (χ0) is 35.0. The minimum atomic E-state index is -4.61. The van der Waals surface area contributed by atoms with Crippen molar-refractivity contribution in [1.29, 1.82) is 0 Å². The number of carbonyl (C=O) groups excluding carboxylic acids is 2. The second-order valence-electron chi connectivity index (χ2n) is 12.8. The second kappa shape index (κ2) is 31.7. The molecule has 0 radical (unpaired) electrons. The van der Waals surface area contributed by atoms with Crippen LogP contribution in [0, 0.1) is 5.92 Å². The molecule has 0 bridgehead atoms. The minimum Gasteiger partial charge on any atom is -0.462 e. The predicted octanol–water partition coefficient (Wildman–Crippen LogP) is 8.52. The van der Waals surface area contributed by atoms with Gasteiger partial charge in [-0.3, -0.25) is 18.6 Å². The van der Waals surface area contributed by atoms with E-state index >= 15 is 0 Å². The molecule has 47 heavy (non-hydrogen) atoms. The van der Waals surface area contributed by atoms with E-state index in [4.69, 9.17) is 19.1 Å². The summed E-state index contributed by atoms with van der Waals surface area (Å²) in [4.78, 5) is 34.7. The van der Waals surface area contributed by atoms with Crippen molar-refractivity contribution < 1.29 is 47.8 Å². The molecule has 3 N–H and O–H groups in total. The Bertz CT molecular complexity index is 861. The molecule has 0 amide bonds. The van der Waals surface area contributed by atoms with Crippen LogP contribution in [0.15, 0.2) is 24.3 Å². The Hall–Kier alpha value is -1.55. The predicted molar refractivity (Wildman–Crippen MR) is 187 cm³/mol. The maximum atomic E-state index is 12.5. The number of phosphoric acid groups is 1. The van der Waals surface area contributed by atoms with Gasteiger partial charge >= 0.3 is 19.8 Å². The van der Waals surface area contributed by atoms with Gasteiger partial charge in [0.05, 0.1) is 19.8 Å². The van der Waals surface area contributed by atoms with E-state index in [-0.39, 0.29) is 19.4 Å². The maximum Gasteiger partial charge on any atom is 0.472 e. The van der Waals surface area contributed by atoms with Crippen LogP contribution in [0.3, 0.4) is 0 Å². The SMILES string of the molecule is CCCCCC/C=C\C=C/CCCCCCCC(=O)O[C@H](COC(=O)CCCCCCCCC(C)C)COP(=O)(O)OC[C@@H](O)CO. The fourth-order valence-electron chi connectivity index (χ4n) is 4.70. The van der Waals surface area contributed by atoms with Gasteiger partial charge in [-0.1, -0.05) is 122 Å². The number of hydrogen-bond acceptors (Lipinski definition) is 9. The van der Waals surface area contributed by atoms with E-state index in [1.807, 2.05) is 0 Å². The standard InChI is InChI=1S/C36H67O10P/c1-4-5-6-7-8-9-10-11-12-13-14-15-16-21-24-27-36(40)46-34(31-45-47(41,42)44-29-33(38)28-37)30-43-35(39)26-23-20-18-17-19-22-25-32(2)3/h9-12,32-34,37-38H,4-8,13-31H2,1-3H3,(H,41,42)/b10-9-,12-11-/t33-,34+/m0/s1. The molecule has 0 heterocycles. The Morgan fingerprint density at radius 2 is 1.21 bits per heavy atom. The summed E-state index contributed by atoms with van der Waals surface area (Å²) in [5.74, 6) is -0.228.